The molecule has 1 unspecified atom stereocenters. The number of hydrogen-bond acceptors (Lipinski definition) is 4. The maximum Gasteiger partial charge on any atom is 0.258 e. The van der Waals surface area contributed by atoms with E-state index >= 15 is 0 Å². The van der Waals surface area contributed by atoms with Crippen molar-refractivity contribution in [2.75, 3.05) is 13.7 Å². The summed E-state index contributed by atoms with van der Waals surface area (Å²) in [4.78, 5) is 24.7. The first-order chi connectivity index (χ1) is 14.9. The van der Waals surface area contributed by atoms with Crippen LogP contribution in [-0.2, 0) is 4.79 Å². The van der Waals surface area contributed by atoms with E-state index < -0.39 is 0 Å². The lowest BCUT2D eigenvalue weighted by atomic mass is 9.99. The van der Waals surface area contributed by atoms with Crippen molar-refractivity contribution in [1.82, 2.24) is 10.6 Å². The fourth-order valence-electron chi connectivity index (χ4n) is 3.42. The zero-order chi connectivity index (χ0) is 22.4. The van der Waals surface area contributed by atoms with Gasteiger partial charge in [-0.3, -0.25) is 9.59 Å². The van der Waals surface area contributed by atoms with Gasteiger partial charge in [-0.05, 0) is 55.3 Å². The Kier molecular flexibility index (Phi) is 7.13. The highest BCUT2D eigenvalue weighted by molar-refractivity contribution is 5.95. The molecule has 0 saturated heterocycles. The standard InChI is InChI=1S/C25H28N2O4/c1-16(2)26-24(28)15-31-22-13-12-19(14-23(22)30-4)25(29)27-17(3)20-11-7-9-18-8-5-6-10-21(18)20/h5-14,16-17H,15H2,1-4H3,(H,26,28)(H,27,29). The summed E-state index contributed by atoms with van der Waals surface area (Å²) >= 11 is 0. The molecule has 31 heavy (non-hydrogen) atoms. The zero-order valence-corrected chi connectivity index (χ0v) is 18.3. The molecule has 0 radical (unpaired) electrons. The smallest absolute Gasteiger partial charge is 0.258 e. The summed E-state index contributed by atoms with van der Waals surface area (Å²) in [6.07, 6.45) is 0. The Morgan fingerprint density at radius 1 is 0.903 bits per heavy atom. The molecule has 0 heterocycles. The summed E-state index contributed by atoms with van der Waals surface area (Å²) in [7, 11) is 1.50. The van der Waals surface area contributed by atoms with Crippen LogP contribution in [-0.4, -0.2) is 31.6 Å². The van der Waals surface area contributed by atoms with Crippen LogP contribution in [0.3, 0.4) is 0 Å². The van der Waals surface area contributed by atoms with Crippen molar-refractivity contribution in [2.45, 2.75) is 32.9 Å². The van der Waals surface area contributed by atoms with Crippen LogP contribution >= 0.6 is 0 Å². The summed E-state index contributed by atoms with van der Waals surface area (Å²) in [5, 5.41) is 8.05. The zero-order valence-electron chi connectivity index (χ0n) is 18.3. The van der Waals surface area contributed by atoms with Gasteiger partial charge < -0.3 is 20.1 Å². The van der Waals surface area contributed by atoms with Gasteiger partial charge in [0.05, 0.1) is 13.2 Å². The quantitative estimate of drug-likeness (QED) is 0.571. The number of fused-ring (bicyclic) bond motifs is 1. The maximum atomic E-state index is 12.9. The van der Waals surface area contributed by atoms with Crippen molar-refractivity contribution in [3.63, 3.8) is 0 Å². The number of methoxy groups -OCH3 is 1. The monoisotopic (exact) mass is 420 g/mol. The largest absolute Gasteiger partial charge is 0.493 e. The highest BCUT2D eigenvalue weighted by Gasteiger charge is 2.16. The maximum absolute atomic E-state index is 12.9. The normalized spacial score (nSPS) is 11.8. The van der Waals surface area contributed by atoms with Crippen molar-refractivity contribution in [3.05, 3.63) is 71.8 Å². The Morgan fingerprint density at radius 3 is 2.39 bits per heavy atom. The van der Waals surface area contributed by atoms with E-state index in [0.29, 0.717) is 17.1 Å². The molecule has 0 bridgehead atoms. The Hall–Kier alpha value is -3.54. The fraction of sp³-hybridized carbons (Fsp3) is 0.280. The molecule has 2 N–H and O–H groups in total. The van der Waals surface area contributed by atoms with Gasteiger partial charge in [-0.2, -0.15) is 0 Å². The molecule has 2 amide bonds. The van der Waals surface area contributed by atoms with E-state index in [4.69, 9.17) is 9.47 Å². The topological polar surface area (TPSA) is 76.7 Å². The minimum atomic E-state index is -0.220. The lowest BCUT2D eigenvalue weighted by Gasteiger charge is -2.17. The van der Waals surface area contributed by atoms with Crippen molar-refractivity contribution in [2.24, 2.45) is 0 Å². The van der Waals surface area contributed by atoms with E-state index in [2.05, 4.69) is 28.8 Å². The molecule has 0 aliphatic carbocycles. The van der Waals surface area contributed by atoms with Gasteiger partial charge in [0.25, 0.3) is 11.8 Å². The number of amides is 2. The van der Waals surface area contributed by atoms with Gasteiger partial charge >= 0.3 is 0 Å². The van der Waals surface area contributed by atoms with E-state index in [-0.39, 0.29) is 30.5 Å². The third kappa shape index (κ3) is 5.54. The summed E-state index contributed by atoms with van der Waals surface area (Å²) in [6.45, 7) is 5.59. The van der Waals surface area contributed by atoms with Crippen LogP contribution < -0.4 is 20.1 Å². The first-order valence-corrected chi connectivity index (χ1v) is 10.3. The van der Waals surface area contributed by atoms with E-state index in [0.717, 1.165) is 16.3 Å². The number of rotatable bonds is 8. The molecule has 162 valence electrons. The van der Waals surface area contributed by atoms with Gasteiger partial charge in [0, 0.05) is 11.6 Å². The number of hydrogen-bond donors (Lipinski definition) is 2. The molecule has 0 saturated carbocycles. The second kappa shape index (κ2) is 9.98. The molecular formula is C25H28N2O4. The van der Waals surface area contributed by atoms with E-state index in [1.807, 2.05) is 45.0 Å². The van der Waals surface area contributed by atoms with Gasteiger partial charge in [0.1, 0.15) is 0 Å². The second-order valence-corrected chi connectivity index (χ2v) is 7.64. The van der Waals surface area contributed by atoms with Crippen LogP contribution in [0.1, 0.15) is 42.7 Å². The number of carbonyl (C=O) groups excluding carboxylic acids is 2. The van der Waals surface area contributed by atoms with E-state index in [9.17, 15) is 9.59 Å². The van der Waals surface area contributed by atoms with Crippen LogP contribution in [0.5, 0.6) is 11.5 Å². The molecule has 0 fully saturated rings. The molecule has 1 atom stereocenters. The summed E-state index contributed by atoms with van der Waals surface area (Å²) in [5.74, 6) is 0.355. The molecule has 0 spiro atoms. The fourth-order valence-corrected chi connectivity index (χ4v) is 3.42. The average Bonchev–Trinajstić information content (AvgIpc) is 2.76. The molecule has 6 nitrogen and oxygen atoms in total. The molecule has 0 aliphatic rings. The Bertz CT molecular complexity index is 1070. The molecule has 3 rings (SSSR count). The number of ether oxygens (including phenoxy) is 2. The molecule has 0 aromatic heterocycles. The lowest BCUT2D eigenvalue weighted by molar-refractivity contribution is -0.123. The average molecular weight is 421 g/mol. The van der Waals surface area contributed by atoms with E-state index in [1.54, 1.807) is 18.2 Å². The summed E-state index contributed by atoms with van der Waals surface area (Å²) < 4.78 is 10.9. The second-order valence-electron chi connectivity index (χ2n) is 7.64. The van der Waals surface area contributed by atoms with Crippen LogP contribution in [0.2, 0.25) is 0 Å². The minimum absolute atomic E-state index is 0.0350. The van der Waals surface area contributed by atoms with Crippen molar-refractivity contribution >= 4 is 22.6 Å². The van der Waals surface area contributed by atoms with Crippen LogP contribution in [0, 0.1) is 0 Å². The highest BCUT2D eigenvalue weighted by Crippen LogP contribution is 2.29. The summed E-state index contributed by atoms with van der Waals surface area (Å²) in [6, 6.07) is 18.9. The highest BCUT2D eigenvalue weighted by atomic mass is 16.5. The lowest BCUT2D eigenvalue weighted by Crippen LogP contribution is -2.34. The first-order valence-electron chi connectivity index (χ1n) is 10.3. The number of benzene rings is 3. The molecular weight excluding hydrogens is 392 g/mol. The third-order valence-corrected chi connectivity index (χ3v) is 4.87. The molecule has 3 aromatic rings. The predicted octanol–water partition coefficient (Wildman–Crippen LogP) is 4.24. The Balaban J connectivity index is 1.72. The van der Waals surface area contributed by atoms with Gasteiger partial charge in [-0.25, -0.2) is 0 Å². The third-order valence-electron chi connectivity index (χ3n) is 4.87. The minimum Gasteiger partial charge on any atom is -0.493 e. The Labute approximate surface area is 182 Å². The van der Waals surface area contributed by atoms with Crippen LogP contribution in [0.15, 0.2) is 60.7 Å². The van der Waals surface area contributed by atoms with E-state index in [1.165, 1.54) is 7.11 Å². The first kappa shape index (κ1) is 22.2. The van der Waals surface area contributed by atoms with Gasteiger partial charge in [0.2, 0.25) is 0 Å². The number of nitrogens with one attached hydrogen (secondary N) is 2. The van der Waals surface area contributed by atoms with Gasteiger partial charge in [-0.15, -0.1) is 0 Å². The molecule has 0 aliphatic heterocycles. The number of carbonyl (C=O) groups is 2. The summed E-state index contributed by atoms with van der Waals surface area (Å²) in [5.41, 5.74) is 1.50. The van der Waals surface area contributed by atoms with Crippen molar-refractivity contribution in [3.8, 4) is 11.5 Å². The predicted molar refractivity (Wildman–Crippen MR) is 122 cm³/mol. The van der Waals surface area contributed by atoms with Crippen LogP contribution in [0.25, 0.3) is 10.8 Å². The van der Waals surface area contributed by atoms with Gasteiger partial charge in [-0.1, -0.05) is 42.5 Å². The van der Waals surface area contributed by atoms with Gasteiger partial charge in [0.15, 0.2) is 18.1 Å². The Morgan fingerprint density at radius 2 is 1.65 bits per heavy atom. The molecule has 6 heteroatoms. The van der Waals surface area contributed by atoms with Crippen LogP contribution in [0.4, 0.5) is 0 Å². The van der Waals surface area contributed by atoms with Crippen molar-refractivity contribution in [1.29, 1.82) is 0 Å². The SMILES string of the molecule is COc1cc(C(=O)NC(C)c2cccc3ccccc23)ccc1OCC(=O)NC(C)C. The van der Waals surface area contributed by atoms with Crippen molar-refractivity contribution < 1.29 is 19.1 Å². The molecule has 3 aromatic carbocycles.